The summed E-state index contributed by atoms with van der Waals surface area (Å²) < 4.78 is 0. The Kier molecular flexibility index (Phi) is 4.55. The number of aliphatic hydroxyl groups excluding tert-OH is 1. The largest absolute Gasteiger partial charge is 0.506 e. The highest BCUT2D eigenvalue weighted by Crippen LogP contribution is 2.36. The lowest BCUT2D eigenvalue weighted by molar-refractivity contribution is -0.384. The minimum Gasteiger partial charge on any atom is -0.506 e. The fourth-order valence-electron chi connectivity index (χ4n) is 2.83. The number of non-ortho nitro benzene ring substituents is 1. The number of ketones is 1. The van der Waals surface area contributed by atoms with Gasteiger partial charge < -0.3 is 10.4 Å². The molecule has 1 amide bonds. The van der Waals surface area contributed by atoms with Crippen LogP contribution in [0.25, 0.3) is 5.76 Å². The van der Waals surface area contributed by atoms with E-state index < -0.39 is 10.7 Å². The lowest BCUT2D eigenvalue weighted by Gasteiger charge is -2.05. The van der Waals surface area contributed by atoms with Gasteiger partial charge in [0.15, 0.2) is 5.78 Å². The Balaban J connectivity index is 2.09. The molecule has 2 N–H and O–H groups in total. The number of amides is 1. The van der Waals surface area contributed by atoms with E-state index in [9.17, 15) is 24.8 Å². The second-order valence-corrected chi connectivity index (χ2v) is 5.96. The molecule has 2 aromatic rings. The lowest BCUT2D eigenvalue weighted by atomic mass is 10.0. The second-order valence-electron chi connectivity index (χ2n) is 5.96. The summed E-state index contributed by atoms with van der Waals surface area (Å²) in [6, 6.07) is 10.6. The van der Waals surface area contributed by atoms with Crippen LogP contribution in [0.15, 0.2) is 53.0 Å². The van der Waals surface area contributed by atoms with Crippen LogP contribution in [-0.2, 0) is 9.59 Å². The van der Waals surface area contributed by atoms with Gasteiger partial charge in [-0.05, 0) is 37.3 Å². The van der Waals surface area contributed by atoms with Crippen molar-refractivity contribution in [3.8, 4) is 0 Å². The number of allylic oxidation sites excluding steroid dienone is 1. The highest BCUT2D eigenvalue weighted by molar-refractivity contribution is 6.36. The molecule has 0 radical (unpaired) electrons. The number of aliphatic hydroxyl groups is 1. The molecule has 8 heteroatoms. The van der Waals surface area contributed by atoms with Gasteiger partial charge in [0.2, 0.25) is 5.91 Å². The van der Waals surface area contributed by atoms with E-state index in [1.807, 2.05) is 0 Å². The maximum atomic E-state index is 12.0. The fourth-order valence-corrected chi connectivity index (χ4v) is 2.83. The zero-order valence-corrected chi connectivity index (χ0v) is 14.5. The summed E-state index contributed by atoms with van der Waals surface area (Å²) in [7, 11) is 0. The predicted molar refractivity (Wildman–Crippen MR) is 100 cm³/mol. The standard InChI is InChI=1S/C19H15N3O5/c1-10(23)17-18(21-13-5-3-12(4-6-13)20-11(2)24)15-8-7-14(22(26)27)9-16(15)19(17)25/h3-9,25H,1-2H3,(H,20,24). The number of nitrogens with zero attached hydrogens (tertiary/aromatic N) is 2. The second kappa shape index (κ2) is 6.83. The Morgan fingerprint density at radius 2 is 1.74 bits per heavy atom. The molecular formula is C19H15N3O5. The molecule has 2 aromatic carbocycles. The van der Waals surface area contributed by atoms with Crippen LogP contribution in [0.5, 0.6) is 0 Å². The van der Waals surface area contributed by atoms with E-state index in [1.165, 1.54) is 32.0 Å². The van der Waals surface area contributed by atoms with Gasteiger partial charge in [-0.15, -0.1) is 0 Å². The number of carbonyl (C=O) groups is 2. The molecule has 0 aliphatic heterocycles. The first-order valence-electron chi connectivity index (χ1n) is 7.98. The third-order valence-corrected chi connectivity index (χ3v) is 3.98. The highest BCUT2D eigenvalue weighted by Gasteiger charge is 2.32. The maximum Gasteiger partial charge on any atom is 0.270 e. The number of Topliss-reactive ketones (excluding diaryl/α,β-unsaturated/α-hetero) is 1. The lowest BCUT2D eigenvalue weighted by Crippen LogP contribution is -2.08. The molecule has 0 unspecified atom stereocenters. The quantitative estimate of drug-likeness (QED) is 0.634. The zero-order chi connectivity index (χ0) is 19.7. The topological polar surface area (TPSA) is 122 Å². The minimum atomic E-state index is -0.573. The Morgan fingerprint density at radius 3 is 2.30 bits per heavy atom. The predicted octanol–water partition coefficient (Wildman–Crippen LogP) is 3.55. The number of carbonyl (C=O) groups excluding carboxylic acids is 2. The van der Waals surface area contributed by atoms with Crippen molar-refractivity contribution in [2.45, 2.75) is 13.8 Å². The molecule has 0 saturated heterocycles. The number of fused-ring (bicyclic) bond motifs is 1. The number of aliphatic imine (C=N–C) groups is 1. The summed E-state index contributed by atoms with van der Waals surface area (Å²) in [5, 5.41) is 24.0. The number of anilines is 1. The van der Waals surface area contributed by atoms with Crippen LogP contribution in [-0.4, -0.2) is 27.4 Å². The molecule has 136 valence electrons. The summed E-state index contributed by atoms with van der Waals surface area (Å²) in [5.74, 6) is -0.929. The van der Waals surface area contributed by atoms with Crippen LogP contribution >= 0.6 is 0 Å². The number of rotatable bonds is 4. The smallest absolute Gasteiger partial charge is 0.270 e. The molecule has 27 heavy (non-hydrogen) atoms. The van der Waals surface area contributed by atoms with Crippen molar-refractivity contribution in [2.24, 2.45) is 4.99 Å². The van der Waals surface area contributed by atoms with E-state index >= 15 is 0 Å². The number of hydrogen-bond donors (Lipinski definition) is 2. The SMILES string of the molecule is CC(=O)Nc1ccc(N=C2C(C(C)=O)=C(O)c3cc([N+](=O)[O-])ccc32)cc1. The number of nitro groups is 1. The van der Waals surface area contributed by atoms with E-state index in [4.69, 9.17) is 0 Å². The Labute approximate surface area is 154 Å². The first kappa shape index (κ1) is 18.0. The van der Waals surface area contributed by atoms with E-state index in [-0.39, 0.29) is 34.2 Å². The molecular weight excluding hydrogens is 350 g/mol. The summed E-state index contributed by atoms with van der Waals surface area (Å²) in [6.45, 7) is 2.69. The van der Waals surface area contributed by atoms with E-state index in [1.54, 1.807) is 24.3 Å². The summed E-state index contributed by atoms with van der Waals surface area (Å²) in [6.07, 6.45) is 0. The minimum absolute atomic E-state index is 0.0106. The van der Waals surface area contributed by atoms with Crippen molar-refractivity contribution in [3.05, 3.63) is 69.3 Å². The molecule has 0 heterocycles. The van der Waals surface area contributed by atoms with Gasteiger partial charge in [-0.3, -0.25) is 19.7 Å². The van der Waals surface area contributed by atoms with E-state index in [2.05, 4.69) is 10.3 Å². The molecule has 0 aromatic heterocycles. The summed E-state index contributed by atoms with van der Waals surface area (Å²) >= 11 is 0. The average molecular weight is 365 g/mol. The number of benzene rings is 2. The molecule has 1 aliphatic carbocycles. The van der Waals surface area contributed by atoms with Gasteiger partial charge in [-0.2, -0.15) is 0 Å². The molecule has 0 fully saturated rings. The first-order chi connectivity index (χ1) is 12.8. The molecule has 0 bridgehead atoms. The average Bonchev–Trinajstić information content (AvgIpc) is 2.88. The molecule has 0 saturated carbocycles. The Morgan fingerprint density at radius 1 is 1.07 bits per heavy atom. The van der Waals surface area contributed by atoms with Crippen LogP contribution < -0.4 is 5.32 Å². The third-order valence-electron chi connectivity index (χ3n) is 3.98. The van der Waals surface area contributed by atoms with E-state index in [0.29, 0.717) is 16.9 Å². The van der Waals surface area contributed by atoms with Crippen LogP contribution in [0.3, 0.4) is 0 Å². The van der Waals surface area contributed by atoms with Gasteiger partial charge in [0, 0.05) is 35.9 Å². The fraction of sp³-hybridized carbons (Fsp3) is 0.105. The number of hydrogen-bond acceptors (Lipinski definition) is 6. The molecule has 0 atom stereocenters. The zero-order valence-electron chi connectivity index (χ0n) is 14.5. The van der Waals surface area contributed by atoms with Crippen LogP contribution in [0.2, 0.25) is 0 Å². The maximum absolute atomic E-state index is 12.0. The summed E-state index contributed by atoms with van der Waals surface area (Å²) in [4.78, 5) is 38.0. The highest BCUT2D eigenvalue weighted by atomic mass is 16.6. The Hall–Kier alpha value is -3.81. The van der Waals surface area contributed by atoms with E-state index in [0.717, 1.165) is 0 Å². The normalized spacial score (nSPS) is 14.2. The van der Waals surface area contributed by atoms with Gasteiger partial charge in [-0.1, -0.05) is 0 Å². The molecule has 8 nitrogen and oxygen atoms in total. The van der Waals surface area contributed by atoms with Crippen molar-refractivity contribution in [1.82, 2.24) is 0 Å². The van der Waals surface area contributed by atoms with Crippen molar-refractivity contribution in [2.75, 3.05) is 5.32 Å². The van der Waals surface area contributed by atoms with Crippen molar-refractivity contribution in [1.29, 1.82) is 0 Å². The number of nitrogens with one attached hydrogen (secondary N) is 1. The third kappa shape index (κ3) is 3.45. The molecule has 1 aliphatic rings. The Bertz CT molecular complexity index is 1040. The van der Waals surface area contributed by atoms with Crippen LogP contribution in [0.4, 0.5) is 17.1 Å². The monoisotopic (exact) mass is 365 g/mol. The first-order valence-corrected chi connectivity index (χ1v) is 7.98. The van der Waals surface area contributed by atoms with Gasteiger partial charge in [-0.25, -0.2) is 4.99 Å². The van der Waals surface area contributed by atoms with Gasteiger partial charge in [0.1, 0.15) is 5.76 Å². The van der Waals surface area contributed by atoms with Crippen LogP contribution in [0, 0.1) is 10.1 Å². The van der Waals surface area contributed by atoms with Gasteiger partial charge in [0.05, 0.1) is 21.9 Å². The van der Waals surface area contributed by atoms with Crippen molar-refractivity contribution >= 4 is 40.2 Å². The summed E-state index contributed by atoms with van der Waals surface area (Å²) in [5.41, 5.74) is 1.80. The number of nitro benzene ring substituents is 1. The van der Waals surface area contributed by atoms with Crippen molar-refractivity contribution in [3.63, 3.8) is 0 Å². The van der Waals surface area contributed by atoms with Gasteiger partial charge in [0.25, 0.3) is 5.69 Å². The van der Waals surface area contributed by atoms with Gasteiger partial charge >= 0.3 is 0 Å². The molecule has 0 spiro atoms. The van der Waals surface area contributed by atoms with Crippen LogP contribution in [0.1, 0.15) is 25.0 Å². The molecule has 3 rings (SSSR count). The van der Waals surface area contributed by atoms with Crippen molar-refractivity contribution < 1.29 is 19.6 Å².